The van der Waals surface area contributed by atoms with Crippen LogP contribution >= 0.6 is 23.6 Å². The van der Waals surface area contributed by atoms with Crippen LogP contribution in [-0.4, -0.2) is 24.1 Å². The summed E-state index contributed by atoms with van der Waals surface area (Å²) in [4.78, 5) is 24.7. The van der Waals surface area contributed by atoms with Crippen LogP contribution in [0, 0.1) is 0 Å². The Morgan fingerprint density at radius 1 is 1.00 bits per heavy atom. The molecule has 0 radical (unpaired) electrons. The van der Waals surface area contributed by atoms with E-state index >= 15 is 0 Å². The van der Waals surface area contributed by atoms with Gasteiger partial charge >= 0.3 is 5.97 Å². The summed E-state index contributed by atoms with van der Waals surface area (Å²) in [6.07, 6.45) is 5.27. The molecule has 0 saturated heterocycles. The Kier molecular flexibility index (Phi) is 6.64. The molecule has 0 unspecified atom stereocenters. The molecule has 148 valence electrons. The number of benzene rings is 1. The van der Waals surface area contributed by atoms with E-state index in [9.17, 15) is 9.59 Å². The van der Waals surface area contributed by atoms with E-state index in [2.05, 4.69) is 16.0 Å². The van der Waals surface area contributed by atoms with Crippen molar-refractivity contribution in [1.82, 2.24) is 0 Å². The number of aryl methyl sites for hydroxylation is 1. The Hall–Kier alpha value is -2.45. The number of methoxy groups -OCH3 is 1. The van der Waals surface area contributed by atoms with Crippen molar-refractivity contribution < 1.29 is 14.3 Å². The molecule has 3 rings (SSSR count). The topological polar surface area (TPSA) is 79.5 Å². The maximum absolute atomic E-state index is 12.4. The van der Waals surface area contributed by atoms with Crippen molar-refractivity contribution in [1.29, 1.82) is 0 Å². The van der Waals surface area contributed by atoms with Crippen molar-refractivity contribution in [3.05, 3.63) is 40.3 Å². The van der Waals surface area contributed by atoms with Crippen molar-refractivity contribution in [2.75, 3.05) is 23.1 Å². The fourth-order valence-corrected chi connectivity index (χ4v) is 4.82. The number of anilines is 3. The molecule has 2 aromatic rings. The third-order valence-corrected chi connectivity index (χ3v) is 5.91. The molecule has 0 fully saturated rings. The smallest absolute Gasteiger partial charge is 0.341 e. The first-order valence-corrected chi connectivity index (χ1v) is 10.4. The van der Waals surface area contributed by atoms with Crippen LogP contribution < -0.4 is 16.0 Å². The molecule has 8 heteroatoms. The summed E-state index contributed by atoms with van der Waals surface area (Å²) >= 11 is 7.01. The lowest BCUT2D eigenvalue weighted by atomic mass is 10.1. The molecular formula is C20H23N3O3S2. The molecule has 3 N–H and O–H groups in total. The van der Waals surface area contributed by atoms with E-state index < -0.39 is 0 Å². The summed E-state index contributed by atoms with van der Waals surface area (Å²) in [5, 5.41) is 10.1. The van der Waals surface area contributed by atoms with Gasteiger partial charge in [0.05, 0.1) is 12.7 Å². The molecule has 1 amide bonds. The highest BCUT2D eigenvalue weighted by molar-refractivity contribution is 7.80. The van der Waals surface area contributed by atoms with Crippen LogP contribution in [0.3, 0.4) is 0 Å². The minimum atomic E-state index is -0.329. The second-order valence-corrected chi connectivity index (χ2v) is 8.11. The normalized spacial score (nSPS) is 13.1. The Labute approximate surface area is 173 Å². The minimum Gasteiger partial charge on any atom is -0.465 e. The van der Waals surface area contributed by atoms with Gasteiger partial charge in [-0.15, -0.1) is 11.3 Å². The molecule has 0 bridgehead atoms. The predicted octanol–water partition coefficient (Wildman–Crippen LogP) is 4.57. The van der Waals surface area contributed by atoms with Gasteiger partial charge in [0.1, 0.15) is 5.00 Å². The van der Waals surface area contributed by atoms with Gasteiger partial charge in [0.25, 0.3) is 0 Å². The number of carbonyl (C=O) groups excluding carboxylic acids is 2. The van der Waals surface area contributed by atoms with Crippen LogP contribution in [0.4, 0.5) is 16.4 Å². The maximum Gasteiger partial charge on any atom is 0.341 e. The summed E-state index contributed by atoms with van der Waals surface area (Å²) in [6.45, 7) is 1.46. The number of thiocarbonyl (C=S) groups is 1. The van der Waals surface area contributed by atoms with Gasteiger partial charge in [0.2, 0.25) is 5.91 Å². The van der Waals surface area contributed by atoms with E-state index in [1.807, 2.05) is 12.1 Å². The number of fused-ring (bicyclic) bond motifs is 1. The molecule has 1 aliphatic carbocycles. The Balaban J connectivity index is 1.74. The largest absolute Gasteiger partial charge is 0.465 e. The highest BCUT2D eigenvalue weighted by atomic mass is 32.1. The van der Waals surface area contributed by atoms with Crippen molar-refractivity contribution in [2.45, 2.75) is 39.0 Å². The third-order valence-electron chi connectivity index (χ3n) is 4.50. The van der Waals surface area contributed by atoms with Crippen LogP contribution in [-0.2, 0) is 22.4 Å². The number of rotatable bonds is 4. The SMILES string of the molecule is COC(=O)c1c(NC(=S)Nc2ccc(NC(C)=O)cc2)sc2c1CCCCC2. The van der Waals surface area contributed by atoms with Crippen LogP contribution in [0.2, 0.25) is 0 Å². The first-order chi connectivity index (χ1) is 13.5. The second-order valence-electron chi connectivity index (χ2n) is 6.60. The van der Waals surface area contributed by atoms with E-state index in [0.29, 0.717) is 16.4 Å². The monoisotopic (exact) mass is 417 g/mol. The quantitative estimate of drug-likeness (QED) is 0.384. The lowest BCUT2D eigenvalue weighted by molar-refractivity contribution is -0.114. The number of ether oxygens (including phenoxy) is 1. The van der Waals surface area contributed by atoms with E-state index in [4.69, 9.17) is 17.0 Å². The molecular weight excluding hydrogens is 394 g/mol. The van der Waals surface area contributed by atoms with Gasteiger partial charge in [-0.2, -0.15) is 0 Å². The molecule has 1 aromatic carbocycles. The fraction of sp³-hybridized carbons (Fsp3) is 0.350. The van der Waals surface area contributed by atoms with E-state index in [0.717, 1.165) is 41.9 Å². The fourth-order valence-electron chi connectivity index (χ4n) is 3.25. The zero-order chi connectivity index (χ0) is 20.1. The lowest BCUT2D eigenvalue weighted by Gasteiger charge is -2.12. The van der Waals surface area contributed by atoms with E-state index in [-0.39, 0.29) is 11.9 Å². The zero-order valence-electron chi connectivity index (χ0n) is 15.9. The van der Waals surface area contributed by atoms with Gasteiger partial charge < -0.3 is 20.7 Å². The van der Waals surface area contributed by atoms with E-state index in [1.54, 1.807) is 23.5 Å². The molecule has 28 heavy (non-hydrogen) atoms. The van der Waals surface area contributed by atoms with Crippen molar-refractivity contribution >= 4 is 56.9 Å². The minimum absolute atomic E-state index is 0.120. The van der Waals surface area contributed by atoms with Gasteiger partial charge in [0.15, 0.2) is 5.11 Å². The first kappa shape index (κ1) is 20.3. The number of carbonyl (C=O) groups is 2. The van der Waals surface area contributed by atoms with Gasteiger partial charge in [0, 0.05) is 23.2 Å². The predicted molar refractivity (Wildman–Crippen MR) is 118 cm³/mol. The van der Waals surface area contributed by atoms with Crippen LogP contribution in [0.5, 0.6) is 0 Å². The Morgan fingerprint density at radius 2 is 1.64 bits per heavy atom. The van der Waals surface area contributed by atoms with Crippen LogP contribution in [0.25, 0.3) is 0 Å². The maximum atomic E-state index is 12.4. The average Bonchev–Trinajstić information content (AvgIpc) is 2.83. The molecule has 0 atom stereocenters. The van der Waals surface area contributed by atoms with Gasteiger partial charge in [-0.05, 0) is 67.7 Å². The number of thiophene rings is 1. The zero-order valence-corrected chi connectivity index (χ0v) is 17.5. The van der Waals surface area contributed by atoms with Crippen LogP contribution in [0.1, 0.15) is 47.0 Å². The molecule has 1 aliphatic rings. The molecule has 1 heterocycles. The van der Waals surface area contributed by atoms with E-state index in [1.165, 1.54) is 25.3 Å². The highest BCUT2D eigenvalue weighted by Gasteiger charge is 2.25. The summed E-state index contributed by atoms with van der Waals surface area (Å²) in [6, 6.07) is 7.23. The Bertz CT molecular complexity index is 891. The second kappa shape index (κ2) is 9.16. The number of esters is 1. The number of nitrogens with one attached hydrogen (secondary N) is 3. The number of amides is 1. The lowest BCUT2D eigenvalue weighted by Crippen LogP contribution is -2.20. The van der Waals surface area contributed by atoms with Crippen molar-refractivity contribution in [2.24, 2.45) is 0 Å². The third kappa shape index (κ3) is 4.88. The molecule has 1 aromatic heterocycles. The van der Waals surface area contributed by atoms with Crippen molar-refractivity contribution in [3.8, 4) is 0 Å². The van der Waals surface area contributed by atoms with Gasteiger partial charge in [-0.25, -0.2) is 4.79 Å². The average molecular weight is 418 g/mol. The first-order valence-electron chi connectivity index (χ1n) is 9.16. The number of hydrogen-bond donors (Lipinski definition) is 3. The van der Waals surface area contributed by atoms with Crippen molar-refractivity contribution in [3.63, 3.8) is 0 Å². The number of hydrogen-bond acceptors (Lipinski definition) is 5. The summed E-state index contributed by atoms with van der Waals surface area (Å²) in [5.74, 6) is -0.449. The highest BCUT2D eigenvalue weighted by Crippen LogP contribution is 2.38. The summed E-state index contributed by atoms with van der Waals surface area (Å²) < 4.78 is 5.02. The standard InChI is InChI=1S/C20H23N3O3S2/c1-12(24)21-13-8-10-14(11-9-13)22-20(27)23-18-17(19(25)26-2)15-6-4-3-5-7-16(15)28-18/h8-11H,3-7H2,1-2H3,(H,21,24)(H2,22,23,27). The molecule has 0 spiro atoms. The molecule has 0 aliphatic heterocycles. The molecule has 0 saturated carbocycles. The van der Waals surface area contributed by atoms with Gasteiger partial charge in [-0.3, -0.25) is 4.79 Å². The summed E-state index contributed by atoms with van der Waals surface area (Å²) in [5.41, 5.74) is 3.20. The van der Waals surface area contributed by atoms with Gasteiger partial charge in [-0.1, -0.05) is 6.42 Å². The summed E-state index contributed by atoms with van der Waals surface area (Å²) in [7, 11) is 1.40. The Morgan fingerprint density at radius 3 is 2.29 bits per heavy atom. The molecule has 6 nitrogen and oxygen atoms in total. The van der Waals surface area contributed by atoms with Crippen LogP contribution in [0.15, 0.2) is 24.3 Å².